The number of nitrogens with one attached hydrogen (secondary N) is 2. The van der Waals surface area contributed by atoms with Crippen LogP contribution in [0.3, 0.4) is 0 Å². The highest BCUT2D eigenvalue weighted by Gasteiger charge is 2.13. The lowest BCUT2D eigenvalue weighted by atomic mass is 10.1. The molecule has 0 aliphatic rings. The molecule has 7 heteroatoms. The van der Waals surface area contributed by atoms with Crippen LogP contribution >= 0.6 is 11.8 Å². The average molecular weight is 439 g/mol. The third-order valence-corrected chi connectivity index (χ3v) is 5.53. The molecule has 0 saturated carbocycles. The largest absolute Gasteiger partial charge is 0.497 e. The zero-order valence-electron chi connectivity index (χ0n) is 17.1. The SMILES string of the molecule is COc1cccc(NC(=O)CSc2ccccc2C(=O)NCCc2ccc(F)cc2)c1. The van der Waals surface area contributed by atoms with Gasteiger partial charge >= 0.3 is 0 Å². The highest BCUT2D eigenvalue weighted by Crippen LogP contribution is 2.23. The van der Waals surface area contributed by atoms with Crippen LogP contribution < -0.4 is 15.4 Å². The molecule has 0 aromatic heterocycles. The van der Waals surface area contributed by atoms with Gasteiger partial charge in [-0.15, -0.1) is 11.8 Å². The van der Waals surface area contributed by atoms with Gasteiger partial charge < -0.3 is 15.4 Å². The predicted octanol–water partition coefficient (Wildman–Crippen LogP) is 4.54. The fourth-order valence-electron chi connectivity index (χ4n) is 2.89. The summed E-state index contributed by atoms with van der Waals surface area (Å²) in [4.78, 5) is 25.7. The van der Waals surface area contributed by atoms with Gasteiger partial charge in [-0.05, 0) is 48.4 Å². The van der Waals surface area contributed by atoms with E-state index in [9.17, 15) is 14.0 Å². The molecule has 0 heterocycles. The van der Waals surface area contributed by atoms with Gasteiger partial charge in [0.15, 0.2) is 0 Å². The fourth-order valence-corrected chi connectivity index (χ4v) is 3.74. The fraction of sp³-hybridized carbons (Fsp3) is 0.167. The maximum atomic E-state index is 13.0. The molecule has 3 aromatic carbocycles. The minimum atomic E-state index is -0.283. The number of benzene rings is 3. The maximum Gasteiger partial charge on any atom is 0.252 e. The quantitative estimate of drug-likeness (QED) is 0.482. The Morgan fingerprint density at radius 2 is 1.77 bits per heavy atom. The van der Waals surface area contributed by atoms with E-state index in [1.165, 1.54) is 23.9 Å². The lowest BCUT2D eigenvalue weighted by Crippen LogP contribution is -2.26. The number of carbonyl (C=O) groups excluding carboxylic acids is 2. The minimum absolute atomic E-state index is 0.164. The van der Waals surface area contributed by atoms with Gasteiger partial charge in [0.1, 0.15) is 11.6 Å². The molecular weight excluding hydrogens is 415 g/mol. The van der Waals surface area contributed by atoms with Crippen molar-refractivity contribution < 1.29 is 18.7 Å². The van der Waals surface area contributed by atoms with Crippen LogP contribution in [-0.4, -0.2) is 31.2 Å². The molecule has 3 aromatic rings. The van der Waals surface area contributed by atoms with Crippen molar-refractivity contribution in [1.82, 2.24) is 5.32 Å². The first kappa shape index (κ1) is 22.4. The molecule has 0 spiro atoms. The molecule has 31 heavy (non-hydrogen) atoms. The van der Waals surface area contributed by atoms with Gasteiger partial charge in [-0.2, -0.15) is 0 Å². The van der Waals surface area contributed by atoms with Gasteiger partial charge in [0.05, 0.1) is 18.4 Å². The second-order valence-corrected chi connectivity index (χ2v) is 7.71. The molecule has 2 amide bonds. The monoisotopic (exact) mass is 438 g/mol. The topological polar surface area (TPSA) is 67.4 Å². The van der Waals surface area contributed by atoms with Crippen LogP contribution in [0, 0.1) is 5.82 Å². The van der Waals surface area contributed by atoms with E-state index >= 15 is 0 Å². The van der Waals surface area contributed by atoms with Crippen LogP contribution in [0.1, 0.15) is 15.9 Å². The number of thioether (sulfide) groups is 1. The maximum absolute atomic E-state index is 13.0. The minimum Gasteiger partial charge on any atom is -0.497 e. The molecule has 0 aliphatic heterocycles. The highest BCUT2D eigenvalue weighted by atomic mass is 32.2. The van der Waals surface area contributed by atoms with E-state index < -0.39 is 0 Å². The Morgan fingerprint density at radius 3 is 2.55 bits per heavy atom. The van der Waals surface area contributed by atoms with Crippen molar-refractivity contribution in [2.24, 2.45) is 0 Å². The first-order chi connectivity index (χ1) is 15.0. The third kappa shape index (κ3) is 6.86. The first-order valence-corrected chi connectivity index (χ1v) is 10.7. The zero-order chi connectivity index (χ0) is 22.1. The number of hydrogen-bond donors (Lipinski definition) is 2. The number of carbonyl (C=O) groups is 2. The van der Waals surface area contributed by atoms with Crippen LogP contribution in [-0.2, 0) is 11.2 Å². The van der Waals surface area contributed by atoms with E-state index in [4.69, 9.17) is 4.74 Å². The van der Waals surface area contributed by atoms with Crippen molar-refractivity contribution in [3.05, 3.63) is 89.7 Å². The molecule has 0 saturated heterocycles. The second-order valence-electron chi connectivity index (χ2n) is 6.70. The average Bonchev–Trinajstić information content (AvgIpc) is 2.79. The molecule has 0 bridgehead atoms. The molecule has 5 nitrogen and oxygen atoms in total. The van der Waals surface area contributed by atoms with Crippen LogP contribution in [0.5, 0.6) is 5.75 Å². The number of amides is 2. The molecule has 0 aliphatic carbocycles. The van der Waals surface area contributed by atoms with Gasteiger partial charge in [-0.3, -0.25) is 9.59 Å². The first-order valence-electron chi connectivity index (χ1n) is 9.73. The smallest absolute Gasteiger partial charge is 0.252 e. The van der Waals surface area contributed by atoms with Gasteiger partial charge in [0, 0.05) is 23.2 Å². The highest BCUT2D eigenvalue weighted by molar-refractivity contribution is 8.00. The Labute approximate surface area is 185 Å². The number of ether oxygens (including phenoxy) is 1. The van der Waals surface area contributed by atoms with Crippen LogP contribution in [0.4, 0.5) is 10.1 Å². The van der Waals surface area contributed by atoms with Crippen molar-refractivity contribution >= 4 is 29.3 Å². The standard InChI is InChI=1S/C24H23FN2O3S/c1-30-20-6-4-5-19(15-20)27-23(28)16-31-22-8-3-2-7-21(22)24(29)26-14-13-17-9-11-18(25)12-10-17/h2-12,15H,13-14,16H2,1H3,(H,26,29)(H,27,28). The lowest BCUT2D eigenvalue weighted by molar-refractivity contribution is -0.113. The number of methoxy groups -OCH3 is 1. The Kier molecular flexibility index (Phi) is 8.06. The van der Waals surface area contributed by atoms with E-state index in [2.05, 4.69) is 10.6 Å². The molecule has 0 fully saturated rings. The van der Waals surface area contributed by atoms with Gasteiger partial charge in [0.25, 0.3) is 5.91 Å². The Hall–Kier alpha value is -3.32. The van der Waals surface area contributed by atoms with E-state index in [1.807, 2.05) is 12.1 Å². The van der Waals surface area contributed by atoms with Gasteiger partial charge in [-0.25, -0.2) is 4.39 Å². The number of halogens is 1. The Balaban J connectivity index is 1.53. The van der Waals surface area contributed by atoms with E-state index in [0.29, 0.717) is 30.0 Å². The summed E-state index contributed by atoms with van der Waals surface area (Å²) < 4.78 is 18.1. The molecule has 2 N–H and O–H groups in total. The number of rotatable bonds is 9. The van der Waals surface area contributed by atoms with Crippen molar-refractivity contribution in [2.75, 3.05) is 24.7 Å². The summed E-state index contributed by atoms with van der Waals surface area (Å²) in [7, 11) is 1.57. The summed E-state index contributed by atoms with van der Waals surface area (Å²) >= 11 is 1.30. The zero-order valence-corrected chi connectivity index (χ0v) is 17.9. The number of anilines is 1. The molecule has 0 atom stereocenters. The summed E-state index contributed by atoms with van der Waals surface area (Å²) in [5.74, 6) is 0.155. The van der Waals surface area contributed by atoms with Crippen LogP contribution in [0.2, 0.25) is 0 Å². The van der Waals surface area contributed by atoms with E-state index in [1.54, 1.807) is 55.6 Å². The van der Waals surface area contributed by atoms with Crippen molar-refractivity contribution in [2.45, 2.75) is 11.3 Å². The summed E-state index contributed by atoms with van der Waals surface area (Å²) in [5, 5.41) is 5.71. The molecule has 0 unspecified atom stereocenters. The number of hydrogen-bond acceptors (Lipinski definition) is 4. The second kappa shape index (κ2) is 11.2. The molecule has 3 rings (SSSR count). The van der Waals surface area contributed by atoms with Crippen LogP contribution in [0.15, 0.2) is 77.7 Å². The summed E-state index contributed by atoms with van der Waals surface area (Å²) in [6.45, 7) is 0.430. The molecular formula is C24H23FN2O3S. The van der Waals surface area contributed by atoms with Crippen molar-refractivity contribution in [3.63, 3.8) is 0 Å². The Morgan fingerprint density at radius 1 is 1.00 bits per heavy atom. The summed E-state index contributed by atoms with van der Waals surface area (Å²) in [6.07, 6.45) is 0.601. The third-order valence-electron chi connectivity index (χ3n) is 4.46. The molecule has 160 valence electrons. The van der Waals surface area contributed by atoms with E-state index in [-0.39, 0.29) is 23.4 Å². The van der Waals surface area contributed by atoms with Crippen molar-refractivity contribution in [3.8, 4) is 5.75 Å². The van der Waals surface area contributed by atoms with Gasteiger partial charge in [0.2, 0.25) is 5.91 Å². The lowest BCUT2D eigenvalue weighted by Gasteiger charge is -2.11. The predicted molar refractivity (Wildman–Crippen MR) is 121 cm³/mol. The molecule has 0 radical (unpaired) electrons. The van der Waals surface area contributed by atoms with Gasteiger partial charge in [-0.1, -0.05) is 30.3 Å². The normalized spacial score (nSPS) is 10.4. The van der Waals surface area contributed by atoms with Crippen molar-refractivity contribution in [1.29, 1.82) is 0 Å². The summed E-state index contributed by atoms with van der Waals surface area (Å²) in [5.41, 5.74) is 2.11. The van der Waals surface area contributed by atoms with Crippen LogP contribution in [0.25, 0.3) is 0 Å². The Bertz CT molecular complexity index is 1040. The summed E-state index contributed by atoms with van der Waals surface area (Å²) in [6, 6.07) is 20.5. The van der Waals surface area contributed by atoms with E-state index in [0.717, 1.165) is 10.5 Å².